The summed E-state index contributed by atoms with van der Waals surface area (Å²) in [6.07, 6.45) is 0. The van der Waals surface area contributed by atoms with Gasteiger partial charge in [-0.2, -0.15) is 0 Å². The van der Waals surface area contributed by atoms with Crippen LogP contribution in [0.25, 0.3) is 0 Å². The van der Waals surface area contributed by atoms with Crippen LogP contribution in [0.5, 0.6) is 0 Å². The molecule has 4 nitrogen and oxygen atoms in total. The molecule has 2 aliphatic heterocycles. The summed E-state index contributed by atoms with van der Waals surface area (Å²) in [6.45, 7) is 5.53. The molecule has 2 saturated heterocycles. The predicted molar refractivity (Wildman–Crippen MR) is 82.5 cm³/mol. The van der Waals surface area contributed by atoms with E-state index in [2.05, 4.69) is 15.5 Å². The molecule has 3 fully saturated rings. The average molecular weight is 306 g/mol. The van der Waals surface area contributed by atoms with Crippen LogP contribution >= 0.6 is 11.6 Å². The van der Waals surface area contributed by atoms with Gasteiger partial charge in [0.25, 0.3) is 5.91 Å². The number of piperidine rings is 1. The van der Waals surface area contributed by atoms with Crippen LogP contribution in [0.4, 0.5) is 0 Å². The Morgan fingerprint density at radius 3 is 2.71 bits per heavy atom. The van der Waals surface area contributed by atoms with Gasteiger partial charge in [-0.25, -0.2) is 0 Å². The van der Waals surface area contributed by atoms with Gasteiger partial charge in [-0.05, 0) is 36.0 Å². The zero-order chi connectivity index (χ0) is 14.4. The van der Waals surface area contributed by atoms with Crippen molar-refractivity contribution < 1.29 is 4.79 Å². The van der Waals surface area contributed by atoms with Gasteiger partial charge in [0.05, 0.1) is 0 Å². The number of carbonyl (C=O) groups excluding carboxylic acids is 1. The first-order valence-electron chi connectivity index (χ1n) is 7.71. The van der Waals surface area contributed by atoms with Crippen molar-refractivity contribution in [3.05, 3.63) is 34.9 Å². The molecule has 2 unspecified atom stereocenters. The molecule has 1 aromatic carbocycles. The molecule has 0 aromatic heterocycles. The van der Waals surface area contributed by atoms with Crippen LogP contribution in [0, 0.1) is 17.8 Å². The predicted octanol–water partition coefficient (Wildman–Crippen LogP) is 1.22. The van der Waals surface area contributed by atoms with E-state index < -0.39 is 0 Å². The fourth-order valence-corrected chi connectivity index (χ4v) is 3.95. The van der Waals surface area contributed by atoms with Crippen LogP contribution < -0.4 is 10.6 Å². The van der Waals surface area contributed by atoms with Gasteiger partial charge in [-0.15, -0.1) is 0 Å². The first-order valence-corrected chi connectivity index (χ1v) is 8.08. The average Bonchev–Trinajstić information content (AvgIpc) is 2.87. The molecule has 0 radical (unpaired) electrons. The lowest BCUT2D eigenvalue weighted by Crippen LogP contribution is -2.57. The fourth-order valence-electron chi connectivity index (χ4n) is 3.76. The first-order chi connectivity index (χ1) is 10.2. The molecule has 0 spiro atoms. The van der Waals surface area contributed by atoms with Gasteiger partial charge in [0.2, 0.25) is 0 Å². The lowest BCUT2D eigenvalue weighted by Gasteiger charge is -2.36. The third-order valence-electron chi connectivity index (χ3n) is 5.26. The smallest absolute Gasteiger partial charge is 0.251 e. The molecule has 1 aliphatic carbocycles. The zero-order valence-electron chi connectivity index (χ0n) is 11.9. The van der Waals surface area contributed by atoms with E-state index in [1.807, 2.05) is 6.07 Å². The quantitative estimate of drug-likeness (QED) is 0.879. The standard InChI is InChI=1S/C16H20ClN3O/c17-11-3-1-2-10(4-11)16(21)19-7-13-14-8-20(9-15(13)14)12-5-18-6-12/h1-4,12-15,18H,5-9H2,(H,19,21). The molecule has 112 valence electrons. The summed E-state index contributed by atoms with van der Waals surface area (Å²) in [5.74, 6) is 2.26. The maximum atomic E-state index is 12.1. The minimum absolute atomic E-state index is 0.0116. The highest BCUT2D eigenvalue weighted by Gasteiger charge is 2.56. The molecule has 1 amide bonds. The van der Waals surface area contributed by atoms with Crippen molar-refractivity contribution in [2.45, 2.75) is 6.04 Å². The molecule has 3 aliphatic rings. The lowest BCUT2D eigenvalue weighted by molar-refractivity contribution is 0.0947. The van der Waals surface area contributed by atoms with Gasteiger partial charge in [-0.1, -0.05) is 17.7 Å². The van der Waals surface area contributed by atoms with Crippen LogP contribution in [-0.2, 0) is 0 Å². The molecule has 1 saturated carbocycles. The number of nitrogens with zero attached hydrogens (tertiary/aromatic N) is 1. The molecule has 2 N–H and O–H groups in total. The van der Waals surface area contributed by atoms with Crippen molar-refractivity contribution in [3.8, 4) is 0 Å². The van der Waals surface area contributed by atoms with Gasteiger partial charge in [-0.3, -0.25) is 9.69 Å². The molecule has 1 aromatic rings. The second-order valence-electron chi connectivity index (χ2n) is 6.48. The Bertz CT molecular complexity index is 548. The summed E-state index contributed by atoms with van der Waals surface area (Å²) in [5, 5.41) is 7.00. The van der Waals surface area contributed by atoms with E-state index in [1.54, 1.807) is 18.2 Å². The Morgan fingerprint density at radius 2 is 2.10 bits per heavy atom. The van der Waals surface area contributed by atoms with Gasteiger partial charge < -0.3 is 10.6 Å². The number of benzene rings is 1. The number of nitrogens with one attached hydrogen (secondary N) is 2. The van der Waals surface area contributed by atoms with Gasteiger partial charge >= 0.3 is 0 Å². The monoisotopic (exact) mass is 305 g/mol. The number of hydrogen-bond donors (Lipinski definition) is 2. The minimum Gasteiger partial charge on any atom is -0.352 e. The number of fused-ring (bicyclic) bond motifs is 1. The van der Waals surface area contributed by atoms with E-state index >= 15 is 0 Å². The summed E-state index contributed by atoms with van der Waals surface area (Å²) < 4.78 is 0. The number of amides is 1. The lowest BCUT2D eigenvalue weighted by atomic mass is 10.1. The van der Waals surface area contributed by atoms with Crippen molar-refractivity contribution >= 4 is 17.5 Å². The maximum Gasteiger partial charge on any atom is 0.251 e. The van der Waals surface area contributed by atoms with E-state index in [1.165, 1.54) is 13.1 Å². The highest BCUT2D eigenvalue weighted by Crippen LogP contribution is 2.51. The van der Waals surface area contributed by atoms with E-state index in [-0.39, 0.29) is 5.91 Å². The number of likely N-dealkylation sites (tertiary alicyclic amines) is 1. The maximum absolute atomic E-state index is 12.1. The Balaban J connectivity index is 1.25. The Kier molecular flexibility index (Phi) is 3.40. The third kappa shape index (κ3) is 2.56. The summed E-state index contributed by atoms with van der Waals surface area (Å²) in [6, 6.07) is 7.89. The van der Waals surface area contributed by atoms with E-state index in [4.69, 9.17) is 11.6 Å². The highest BCUT2D eigenvalue weighted by molar-refractivity contribution is 6.30. The Labute approximate surface area is 129 Å². The molecule has 2 atom stereocenters. The molecule has 21 heavy (non-hydrogen) atoms. The fraction of sp³-hybridized carbons (Fsp3) is 0.562. The second kappa shape index (κ2) is 5.27. The normalized spacial score (nSPS) is 31.6. The number of carbonyl (C=O) groups is 1. The summed E-state index contributed by atoms with van der Waals surface area (Å²) in [7, 11) is 0. The van der Waals surface area contributed by atoms with E-state index in [9.17, 15) is 4.79 Å². The van der Waals surface area contributed by atoms with E-state index in [0.717, 1.165) is 37.5 Å². The van der Waals surface area contributed by atoms with Crippen molar-refractivity contribution in [3.63, 3.8) is 0 Å². The molecule has 4 rings (SSSR count). The van der Waals surface area contributed by atoms with Crippen LogP contribution in [0.2, 0.25) is 5.02 Å². The third-order valence-corrected chi connectivity index (χ3v) is 5.50. The van der Waals surface area contributed by atoms with Crippen LogP contribution in [0.15, 0.2) is 24.3 Å². The number of halogens is 1. The SMILES string of the molecule is O=C(NCC1C2CN(C3CNC3)CC12)c1cccc(Cl)c1. The summed E-state index contributed by atoms with van der Waals surface area (Å²) in [5.41, 5.74) is 0.649. The summed E-state index contributed by atoms with van der Waals surface area (Å²) >= 11 is 5.92. The van der Waals surface area contributed by atoms with Crippen molar-refractivity contribution in [2.75, 3.05) is 32.7 Å². The number of rotatable bonds is 4. The minimum atomic E-state index is -0.0116. The Hall–Kier alpha value is -1.10. The van der Waals surface area contributed by atoms with Crippen LogP contribution in [0.1, 0.15) is 10.4 Å². The highest BCUT2D eigenvalue weighted by atomic mass is 35.5. The van der Waals surface area contributed by atoms with Crippen molar-refractivity contribution in [2.24, 2.45) is 17.8 Å². The number of hydrogen-bond acceptors (Lipinski definition) is 3. The van der Waals surface area contributed by atoms with Gasteiger partial charge in [0.15, 0.2) is 0 Å². The van der Waals surface area contributed by atoms with Crippen molar-refractivity contribution in [1.82, 2.24) is 15.5 Å². The van der Waals surface area contributed by atoms with Crippen LogP contribution in [-0.4, -0.2) is 49.6 Å². The Morgan fingerprint density at radius 1 is 1.33 bits per heavy atom. The molecular formula is C16H20ClN3O. The topological polar surface area (TPSA) is 44.4 Å². The van der Waals surface area contributed by atoms with Crippen LogP contribution in [0.3, 0.4) is 0 Å². The summed E-state index contributed by atoms with van der Waals surface area (Å²) in [4.78, 5) is 14.7. The zero-order valence-corrected chi connectivity index (χ0v) is 12.6. The largest absolute Gasteiger partial charge is 0.352 e. The van der Waals surface area contributed by atoms with Gasteiger partial charge in [0, 0.05) is 49.4 Å². The molecule has 2 heterocycles. The van der Waals surface area contributed by atoms with Gasteiger partial charge in [0.1, 0.15) is 0 Å². The van der Waals surface area contributed by atoms with Crippen molar-refractivity contribution in [1.29, 1.82) is 0 Å². The second-order valence-corrected chi connectivity index (χ2v) is 6.91. The first kappa shape index (κ1) is 13.6. The molecule has 5 heteroatoms. The molecule has 0 bridgehead atoms. The van der Waals surface area contributed by atoms with E-state index in [0.29, 0.717) is 16.5 Å². The molecular weight excluding hydrogens is 286 g/mol.